The van der Waals surface area contributed by atoms with Crippen molar-refractivity contribution < 1.29 is 4.79 Å². The van der Waals surface area contributed by atoms with E-state index in [4.69, 9.17) is 11.6 Å². The molecule has 2 bridgehead atoms. The van der Waals surface area contributed by atoms with Crippen LogP contribution in [0.15, 0.2) is 22.7 Å². The lowest BCUT2D eigenvalue weighted by molar-refractivity contribution is 0.0747. The minimum absolute atomic E-state index is 0.0953. The fraction of sp³-hybridized carbons (Fsp3) is 0.500. The number of nitrogens with zero attached hydrogens (tertiary/aromatic N) is 1. The Kier molecular flexibility index (Phi) is 3.83. The Morgan fingerprint density at radius 3 is 2.89 bits per heavy atom. The monoisotopic (exact) mass is 342 g/mol. The van der Waals surface area contributed by atoms with Crippen molar-refractivity contribution in [2.75, 3.05) is 13.1 Å². The van der Waals surface area contributed by atoms with Gasteiger partial charge >= 0.3 is 0 Å². The molecule has 2 aliphatic heterocycles. The molecule has 1 amide bonds. The van der Waals surface area contributed by atoms with Crippen molar-refractivity contribution in [2.24, 2.45) is 0 Å². The summed E-state index contributed by atoms with van der Waals surface area (Å²) in [6, 6.07) is 6.39. The molecule has 0 spiro atoms. The largest absolute Gasteiger partial charge is 0.337 e. The molecule has 0 aliphatic carbocycles. The molecule has 102 valence electrons. The number of likely N-dealkylation sites (tertiary alicyclic amines) is 1. The number of halogens is 2. The lowest BCUT2D eigenvalue weighted by Gasteiger charge is -2.24. The van der Waals surface area contributed by atoms with Crippen LogP contribution in [0.2, 0.25) is 5.02 Å². The van der Waals surface area contributed by atoms with Crippen LogP contribution in [0.5, 0.6) is 0 Å². The summed E-state index contributed by atoms with van der Waals surface area (Å²) < 4.78 is 0.771. The van der Waals surface area contributed by atoms with Gasteiger partial charge in [-0.1, -0.05) is 11.6 Å². The normalized spacial score (nSPS) is 26.3. The number of carbonyl (C=O) groups excluding carboxylic acids is 1. The lowest BCUT2D eigenvalue weighted by atomic mass is 10.1. The lowest BCUT2D eigenvalue weighted by Crippen LogP contribution is -2.39. The summed E-state index contributed by atoms with van der Waals surface area (Å²) in [5, 5.41) is 4.23. The smallest absolute Gasteiger partial charge is 0.255 e. The maximum Gasteiger partial charge on any atom is 0.255 e. The molecule has 2 unspecified atom stereocenters. The van der Waals surface area contributed by atoms with Gasteiger partial charge in [0.15, 0.2) is 0 Å². The number of hydrogen-bond donors (Lipinski definition) is 1. The molecule has 0 saturated carbocycles. The minimum Gasteiger partial charge on any atom is -0.337 e. The molecule has 3 nitrogen and oxygen atoms in total. The topological polar surface area (TPSA) is 32.3 Å². The zero-order chi connectivity index (χ0) is 13.4. The Bertz CT molecular complexity index is 508. The molecular weight excluding hydrogens is 328 g/mol. The van der Waals surface area contributed by atoms with Crippen molar-refractivity contribution in [1.29, 1.82) is 0 Å². The summed E-state index contributed by atoms with van der Waals surface area (Å²) >= 11 is 9.35. The van der Waals surface area contributed by atoms with Crippen LogP contribution >= 0.6 is 27.5 Å². The van der Waals surface area contributed by atoms with Gasteiger partial charge in [0.2, 0.25) is 0 Å². The van der Waals surface area contributed by atoms with Crippen molar-refractivity contribution in [3.63, 3.8) is 0 Å². The highest BCUT2D eigenvalue weighted by atomic mass is 79.9. The number of carbonyl (C=O) groups is 1. The van der Waals surface area contributed by atoms with Crippen LogP contribution in [-0.4, -0.2) is 36.0 Å². The van der Waals surface area contributed by atoms with E-state index >= 15 is 0 Å². The molecule has 0 aromatic heterocycles. The first-order valence-corrected chi connectivity index (χ1v) is 7.81. The van der Waals surface area contributed by atoms with Gasteiger partial charge in [-0.05, 0) is 53.4 Å². The van der Waals surface area contributed by atoms with Gasteiger partial charge in [-0.2, -0.15) is 0 Å². The first-order valence-electron chi connectivity index (χ1n) is 6.64. The van der Waals surface area contributed by atoms with Crippen molar-refractivity contribution in [3.8, 4) is 0 Å². The van der Waals surface area contributed by atoms with Crippen molar-refractivity contribution in [1.82, 2.24) is 10.2 Å². The van der Waals surface area contributed by atoms with Gasteiger partial charge in [0.1, 0.15) is 0 Å². The van der Waals surface area contributed by atoms with E-state index in [2.05, 4.69) is 21.2 Å². The molecule has 2 atom stereocenters. The second kappa shape index (κ2) is 5.43. The van der Waals surface area contributed by atoms with Crippen LogP contribution in [0.4, 0.5) is 0 Å². The van der Waals surface area contributed by atoms with Gasteiger partial charge in [0, 0.05) is 34.7 Å². The molecule has 1 aromatic carbocycles. The second-order valence-corrected chi connectivity index (χ2v) is 6.59. The van der Waals surface area contributed by atoms with E-state index in [0.717, 1.165) is 24.0 Å². The Morgan fingerprint density at radius 2 is 2.11 bits per heavy atom. The standard InChI is InChI=1S/C14H16BrClN2O/c15-13-7-9(16)1-4-12(13)14(19)18-6-5-10-2-3-11(8-18)17-10/h1,4,7,10-11,17H,2-3,5-6,8H2. The summed E-state index contributed by atoms with van der Waals surface area (Å²) in [6.45, 7) is 1.65. The van der Waals surface area contributed by atoms with Crippen molar-refractivity contribution in [3.05, 3.63) is 33.3 Å². The number of rotatable bonds is 1. The summed E-state index contributed by atoms with van der Waals surface area (Å²) in [4.78, 5) is 14.5. The van der Waals surface area contributed by atoms with Crippen LogP contribution in [0.25, 0.3) is 0 Å². The molecular formula is C14H16BrClN2O. The van der Waals surface area contributed by atoms with Crippen LogP contribution in [0.1, 0.15) is 29.6 Å². The summed E-state index contributed by atoms with van der Waals surface area (Å²) in [6.07, 6.45) is 3.47. The first kappa shape index (κ1) is 13.4. The third-order valence-corrected chi connectivity index (χ3v) is 4.86. The average molecular weight is 344 g/mol. The number of amides is 1. The van der Waals surface area contributed by atoms with Crippen LogP contribution in [0, 0.1) is 0 Å². The molecule has 1 aromatic rings. The van der Waals surface area contributed by atoms with E-state index in [1.54, 1.807) is 18.2 Å². The van der Waals surface area contributed by atoms with Gasteiger partial charge < -0.3 is 10.2 Å². The zero-order valence-electron chi connectivity index (χ0n) is 10.5. The molecule has 5 heteroatoms. The third-order valence-electron chi connectivity index (χ3n) is 3.97. The highest BCUT2D eigenvalue weighted by Gasteiger charge is 2.31. The molecule has 2 aliphatic rings. The minimum atomic E-state index is 0.0953. The molecule has 19 heavy (non-hydrogen) atoms. The van der Waals surface area contributed by atoms with Gasteiger partial charge in [-0.15, -0.1) is 0 Å². The van der Waals surface area contributed by atoms with Gasteiger partial charge in [0.05, 0.1) is 5.56 Å². The highest BCUT2D eigenvalue weighted by molar-refractivity contribution is 9.10. The summed E-state index contributed by atoms with van der Waals surface area (Å²) in [5.74, 6) is 0.0953. The van der Waals surface area contributed by atoms with E-state index in [9.17, 15) is 4.79 Å². The molecule has 3 rings (SSSR count). The summed E-state index contributed by atoms with van der Waals surface area (Å²) in [7, 11) is 0. The van der Waals surface area contributed by atoms with Gasteiger partial charge in [-0.25, -0.2) is 0 Å². The fourth-order valence-electron chi connectivity index (χ4n) is 2.96. The SMILES string of the molecule is O=C(c1ccc(Cl)cc1Br)N1CCC2CCC(C1)N2. The van der Waals surface area contributed by atoms with Crippen LogP contribution in [-0.2, 0) is 0 Å². The molecule has 1 N–H and O–H groups in total. The van der Waals surface area contributed by atoms with Gasteiger partial charge in [0.25, 0.3) is 5.91 Å². The van der Waals surface area contributed by atoms with E-state index in [1.165, 1.54) is 12.8 Å². The predicted molar refractivity (Wildman–Crippen MR) is 79.6 cm³/mol. The fourth-order valence-corrected chi connectivity index (χ4v) is 3.81. The first-order chi connectivity index (χ1) is 9.13. The van der Waals surface area contributed by atoms with Crippen molar-refractivity contribution in [2.45, 2.75) is 31.3 Å². The maximum absolute atomic E-state index is 12.6. The number of fused-ring (bicyclic) bond motifs is 2. The van der Waals surface area contributed by atoms with E-state index in [1.807, 2.05) is 4.90 Å². The molecule has 2 saturated heterocycles. The van der Waals surface area contributed by atoms with Crippen LogP contribution < -0.4 is 5.32 Å². The van der Waals surface area contributed by atoms with E-state index in [-0.39, 0.29) is 5.91 Å². The number of nitrogens with one attached hydrogen (secondary N) is 1. The Morgan fingerprint density at radius 1 is 1.32 bits per heavy atom. The Hall–Kier alpha value is -0.580. The Balaban J connectivity index is 1.79. The molecule has 0 radical (unpaired) electrons. The quantitative estimate of drug-likeness (QED) is 0.850. The van der Waals surface area contributed by atoms with Crippen molar-refractivity contribution >= 4 is 33.4 Å². The maximum atomic E-state index is 12.6. The third kappa shape index (κ3) is 2.81. The summed E-state index contributed by atoms with van der Waals surface area (Å²) in [5.41, 5.74) is 0.696. The predicted octanol–water partition coefficient (Wildman–Crippen LogP) is 3.07. The average Bonchev–Trinajstić information content (AvgIpc) is 2.68. The Labute approximate surface area is 126 Å². The number of hydrogen-bond acceptors (Lipinski definition) is 2. The highest BCUT2D eigenvalue weighted by Crippen LogP contribution is 2.25. The molecule has 2 heterocycles. The molecule has 2 fully saturated rings. The second-order valence-electron chi connectivity index (χ2n) is 5.30. The van der Waals surface area contributed by atoms with E-state index < -0.39 is 0 Å². The zero-order valence-corrected chi connectivity index (χ0v) is 12.9. The van der Waals surface area contributed by atoms with Gasteiger partial charge in [-0.3, -0.25) is 4.79 Å². The number of benzene rings is 1. The van der Waals surface area contributed by atoms with Crippen LogP contribution in [0.3, 0.4) is 0 Å². The van der Waals surface area contributed by atoms with E-state index in [0.29, 0.717) is 22.7 Å².